The summed E-state index contributed by atoms with van der Waals surface area (Å²) in [7, 11) is 0. The maximum absolute atomic E-state index is 9.41. The summed E-state index contributed by atoms with van der Waals surface area (Å²) >= 11 is 0. The number of hydrogen-bond acceptors (Lipinski definition) is 3. The van der Waals surface area contributed by atoms with Crippen molar-refractivity contribution in [2.75, 3.05) is 0 Å². The Morgan fingerprint density at radius 1 is 1.33 bits per heavy atom. The fourth-order valence-corrected chi connectivity index (χ4v) is 1.99. The first kappa shape index (κ1) is 12.3. The molecule has 3 heteroatoms. The van der Waals surface area contributed by atoms with E-state index in [1.165, 1.54) is 6.33 Å². The van der Waals surface area contributed by atoms with Gasteiger partial charge in [-0.05, 0) is 24.0 Å². The Kier molecular flexibility index (Phi) is 3.69. The first-order valence-corrected chi connectivity index (χ1v) is 6.07. The zero-order chi connectivity index (χ0) is 13.0. The van der Waals surface area contributed by atoms with Crippen LogP contribution in [-0.4, -0.2) is 9.97 Å². The molecule has 1 unspecified atom stereocenters. The summed E-state index contributed by atoms with van der Waals surface area (Å²) in [4.78, 5) is 8.13. The molecule has 1 heterocycles. The minimum atomic E-state index is 0.376. The number of benzene rings is 1. The van der Waals surface area contributed by atoms with E-state index in [4.69, 9.17) is 0 Å². The fraction of sp³-hybridized carbons (Fsp3) is 0.267. The lowest BCUT2D eigenvalue weighted by atomic mass is 9.90. The monoisotopic (exact) mass is 237 g/mol. The van der Waals surface area contributed by atoms with Crippen molar-refractivity contribution in [3.05, 3.63) is 47.9 Å². The first-order valence-electron chi connectivity index (χ1n) is 6.07. The van der Waals surface area contributed by atoms with E-state index in [0.29, 0.717) is 5.92 Å². The Labute approximate surface area is 107 Å². The Balaban J connectivity index is 2.60. The Bertz CT molecular complexity index is 570. The van der Waals surface area contributed by atoms with Gasteiger partial charge in [0.25, 0.3) is 0 Å². The highest BCUT2D eigenvalue weighted by Gasteiger charge is 2.14. The average molecular weight is 237 g/mol. The van der Waals surface area contributed by atoms with Gasteiger partial charge in [0.05, 0.1) is 11.3 Å². The summed E-state index contributed by atoms with van der Waals surface area (Å²) < 4.78 is 0. The first-order chi connectivity index (χ1) is 8.77. The van der Waals surface area contributed by atoms with Gasteiger partial charge in [-0.15, -0.1) is 0 Å². The van der Waals surface area contributed by atoms with Crippen molar-refractivity contribution in [1.82, 2.24) is 9.97 Å². The van der Waals surface area contributed by atoms with E-state index in [0.717, 1.165) is 28.8 Å². The Hall–Kier alpha value is -2.21. The molecule has 18 heavy (non-hydrogen) atoms. The normalized spacial score (nSPS) is 11.8. The molecule has 1 atom stereocenters. The highest BCUT2D eigenvalue weighted by molar-refractivity contribution is 5.69. The lowest BCUT2D eigenvalue weighted by molar-refractivity contribution is 0.731. The third kappa shape index (κ3) is 2.23. The van der Waals surface area contributed by atoms with Crippen LogP contribution in [0.5, 0.6) is 0 Å². The molecule has 0 N–H and O–H groups in total. The van der Waals surface area contributed by atoms with Crippen molar-refractivity contribution in [1.29, 1.82) is 5.26 Å². The summed E-state index contributed by atoms with van der Waals surface area (Å²) in [5.74, 6) is 0.376. The molecular weight excluding hydrogens is 222 g/mol. The smallest absolute Gasteiger partial charge is 0.116 e. The number of hydrogen-bond donors (Lipinski definition) is 0. The number of aromatic nitrogens is 2. The molecule has 0 bridgehead atoms. The summed E-state index contributed by atoms with van der Waals surface area (Å²) in [6, 6.07) is 10.1. The van der Waals surface area contributed by atoms with Crippen LogP contribution in [-0.2, 0) is 0 Å². The van der Waals surface area contributed by atoms with E-state index in [1.807, 2.05) is 24.3 Å². The summed E-state index contributed by atoms with van der Waals surface area (Å²) in [5.41, 5.74) is 3.51. The van der Waals surface area contributed by atoms with E-state index in [-0.39, 0.29) is 0 Å². The molecule has 3 nitrogen and oxygen atoms in total. The summed E-state index contributed by atoms with van der Waals surface area (Å²) in [5, 5.41) is 9.41. The lowest BCUT2D eigenvalue weighted by Crippen LogP contribution is -1.98. The van der Waals surface area contributed by atoms with Gasteiger partial charge in [0, 0.05) is 11.8 Å². The molecule has 1 aromatic heterocycles. The van der Waals surface area contributed by atoms with Gasteiger partial charge < -0.3 is 0 Å². The van der Waals surface area contributed by atoms with Gasteiger partial charge in [0.2, 0.25) is 0 Å². The number of nitrogens with zero attached hydrogens (tertiary/aromatic N) is 3. The molecule has 0 amide bonds. The second-order valence-electron chi connectivity index (χ2n) is 4.29. The minimum absolute atomic E-state index is 0.376. The van der Waals surface area contributed by atoms with E-state index in [1.54, 1.807) is 6.20 Å². The molecule has 0 aliphatic heterocycles. The zero-order valence-corrected chi connectivity index (χ0v) is 10.6. The molecule has 0 saturated carbocycles. The molecule has 0 spiro atoms. The maximum atomic E-state index is 9.41. The lowest BCUT2D eigenvalue weighted by Gasteiger charge is -2.13. The highest BCUT2D eigenvalue weighted by atomic mass is 14.8. The third-order valence-corrected chi connectivity index (χ3v) is 3.21. The van der Waals surface area contributed by atoms with Crippen molar-refractivity contribution in [2.24, 2.45) is 0 Å². The molecular formula is C15H15N3. The molecule has 2 aromatic rings. The van der Waals surface area contributed by atoms with Crippen LogP contribution < -0.4 is 0 Å². The van der Waals surface area contributed by atoms with Crippen LogP contribution in [0.15, 0.2) is 36.8 Å². The molecule has 0 aliphatic carbocycles. The van der Waals surface area contributed by atoms with Crippen molar-refractivity contribution < 1.29 is 0 Å². The second-order valence-corrected chi connectivity index (χ2v) is 4.29. The largest absolute Gasteiger partial charge is 0.245 e. The molecule has 0 aliphatic rings. The minimum Gasteiger partial charge on any atom is -0.245 e. The summed E-state index contributed by atoms with van der Waals surface area (Å²) in [6.07, 6.45) is 4.22. The quantitative estimate of drug-likeness (QED) is 0.820. The van der Waals surface area contributed by atoms with Gasteiger partial charge in [-0.3, -0.25) is 0 Å². The van der Waals surface area contributed by atoms with E-state index < -0.39 is 0 Å². The SMILES string of the molecule is CCC(C)c1cccc(-c2ccncn2)c1C#N. The molecule has 0 saturated heterocycles. The van der Waals surface area contributed by atoms with Gasteiger partial charge in [-0.1, -0.05) is 32.0 Å². The maximum Gasteiger partial charge on any atom is 0.116 e. The van der Waals surface area contributed by atoms with E-state index in [9.17, 15) is 5.26 Å². The van der Waals surface area contributed by atoms with Crippen LogP contribution in [0.4, 0.5) is 0 Å². The van der Waals surface area contributed by atoms with Crippen molar-refractivity contribution in [3.8, 4) is 17.3 Å². The summed E-state index contributed by atoms with van der Waals surface area (Å²) in [6.45, 7) is 4.27. The highest BCUT2D eigenvalue weighted by Crippen LogP contribution is 2.29. The molecule has 90 valence electrons. The molecule has 0 fully saturated rings. The van der Waals surface area contributed by atoms with Gasteiger partial charge in [0.15, 0.2) is 0 Å². The standard InChI is InChI=1S/C15H15N3/c1-3-11(2)12-5-4-6-13(14(12)9-16)15-7-8-17-10-18-15/h4-8,10-11H,3H2,1-2H3. The van der Waals surface area contributed by atoms with Crippen LogP contribution in [0.3, 0.4) is 0 Å². The van der Waals surface area contributed by atoms with Crippen LogP contribution in [0, 0.1) is 11.3 Å². The van der Waals surface area contributed by atoms with Gasteiger partial charge in [0.1, 0.15) is 12.4 Å². The Morgan fingerprint density at radius 2 is 2.17 bits per heavy atom. The predicted molar refractivity (Wildman–Crippen MR) is 70.9 cm³/mol. The third-order valence-electron chi connectivity index (χ3n) is 3.21. The zero-order valence-electron chi connectivity index (χ0n) is 10.6. The topological polar surface area (TPSA) is 49.6 Å². The van der Waals surface area contributed by atoms with Crippen molar-refractivity contribution in [2.45, 2.75) is 26.2 Å². The van der Waals surface area contributed by atoms with Crippen molar-refractivity contribution >= 4 is 0 Å². The van der Waals surface area contributed by atoms with E-state index >= 15 is 0 Å². The van der Waals surface area contributed by atoms with Crippen molar-refractivity contribution in [3.63, 3.8) is 0 Å². The fourth-order valence-electron chi connectivity index (χ4n) is 1.99. The molecule has 0 radical (unpaired) electrons. The van der Waals surface area contributed by atoms with Gasteiger partial charge in [-0.2, -0.15) is 5.26 Å². The molecule has 2 rings (SSSR count). The van der Waals surface area contributed by atoms with Crippen LogP contribution in [0.25, 0.3) is 11.3 Å². The van der Waals surface area contributed by atoms with Gasteiger partial charge in [-0.25, -0.2) is 9.97 Å². The van der Waals surface area contributed by atoms with Gasteiger partial charge >= 0.3 is 0 Å². The van der Waals surface area contributed by atoms with E-state index in [2.05, 4.69) is 29.9 Å². The number of nitriles is 1. The Morgan fingerprint density at radius 3 is 2.78 bits per heavy atom. The molecule has 1 aromatic carbocycles. The van der Waals surface area contributed by atoms with Crippen LogP contribution in [0.2, 0.25) is 0 Å². The van der Waals surface area contributed by atoms with Crippen LogP contribution in [0.1, 0.15) is 37.3 Å². The number of rotatable bonds is 3. The second kappa shape index (κ2) is 5.42. The average Bonchev–Trinajstić information content (AvgIpc) is 2.46. The van der Waals surface area contributed by atoms with Crippen LogP contribution >= 0.6 is 0 Å². The predicted octanol–water partition coefficient (Wildman–Crippen LogP) is 3.53.